The molecule has 142 valence electrons. The van der Waals surface area contributed by atoms with E-state index in [2.05, 4.69) is 6.92 Å². The first-order valence-corrected chi connectivity index (χ1v) is 9.88. The average molecular weight is 350 g/mol. The Morgan fingerprint density at radius 2 is 1.04 bits per heavy atom. The molecular weight excluding hydrogens is 306 g/mol. The van der Waals surface area contributed by atoms with E-state index >= 15 is 0 Å². The molecule has 23 heavy (non-hydrogen) atoms. The van der Waals surface area contributed by atoms with Gasteiger partial charge in [0.05, 0.1) is 5.60 Å². The van der Waals surface area contributed by atoms with E-state index in [-0.39, 0.29) is 12.4 Å². The number of hydrogen-bond acceptors (Lipinski definition) is 2. The quantitative estimate of drug-likeness (QED) is 0.337. The summed E-state index contributed by atoms with van der Waals surface area (Å²) in [5.74, 6) is 0. The van der Waals surface area contributed by atoms with Gasteiger partial charge in [-0.1, -0.05) is 90.9 Å². The molecule has 0 fully saturated rings. The van der Waals surface area contributed by atoms with Gasteiger partial charge in [0.25, 0.3) is 0 Å². The van der Waals surface area contributed by atoms with E-state index in [1.54, 1.807) is 0 Å². The standard InChI is InChI=1S/C20H43NO.ClH/c1-5-7-8-9-10-11-12-13-14-15-16-17-18-20(22,6-2)19(3,4)21;/h22H,5-18,21H2,1-4H3;1H. The number of hydrogen-bond donors (Lipinski definition) is 2. The third-order valence-electron chi connectivity index (χ3n) is 5.23. The van der Waals surface area contributed by atoms with Crippen molar-refractivity contribution in [1.82, 2.24) is 0 Å². The molecule has 2 nitrogen and oxygen atoms in total. The summed E-state index contributed by atoms with van der Waals surface area (Å²) >= 11 is 0. The van der Waals surface area contributed by atoms with Crippen LogP contribution in [0.1, 0.15) is 118 Å². The molecule has 3 heteroatoms. The lowest BCUT2D eigenvalue weighted by Gasteiger charge is -2.39. The fraction of sp³-hybridized carbons (Fsp3) is 1.00. The molecule has 0 amide bonds. The highest BCUT2D eigenvalue weighted by Gasteiger charge is 2.38. The maximum absolute atomic E-state index is 10.6. The minimum atomic E-state index is -0.703. The van der Waals surface area contributed by atoms with Crippen molar-refractivity contribution in [2.24, 2.45) is 5.73 Å². The topological polar surface area (TPSA) is 46.2 Å². The fourth-order valence-corrected chi connectivity index (χ4v) is 3.21. The molecule has 0 aromatic heterocycles. The summed E-state index contributed by atoms with van der Waals surface area (Å²) in [7, 11) is 0. The van der Waals surface area contributed by atoms with Crippen molar-refractivity contribution in [3.63, 3.8) is 0 Å². The lowest BCUT2D eigenvalue weighted by atomic mass is 9.77. The van der Waals surface area contributed by atoms with Gasteiger partial charge in [0.2, 0.25) is 0 Å². The summed E-state index contributed by atoms with van der Waals surface area (Å²) in [4.78, 5) is 0. The van der Waals surface area contributed by atoms with E-state index in [1.807, 2.05) is 20.8 Å². The summed E-state index contributed by atoms with van der Waals surface area (Å²) < 4.78 is 0. The Bertz CT molecular complexity index is 253. The lowest BCUT2D eigenvalue weighted by molar-refractivity contribution is -0.0341. The largest absolute Gasteiger partial charge is 0.388 e. The van der Waals surface area contributed by atoms with Gasteiger partial charge in [0.1, 0.15) is 0 Å². The van der Waals surface area contributed by atoms with E-state index in [1.165, 1.54) is 70.6 Å². The van der Waals surface area contributed by atoms with Crippen molar-refractivity contribution in [3.05, 3.63) is 0 Å². The van der Waals surface area contributed by atoms with Crippen LogP contribution >= 0.6 is 12.4 Å². The van der Waals surface area contributed by atoms with Crippen molar-refractivity contribution < 1.29 is 5.11 Å². The van der Waals surface area contributed by atoms with Crippen molar-refractivity contribution in [2.75, 3.05) is 0 Å². The first-order valence-electron chi connectivity index (χ1n) is 9.88. The minimum Gasteiger partial charge on any atom is -0.388 e. The van der Waals surface area contributed by atoms with E-state index in [9.17, 15) is 5.11 Å². The van der Waals surface area contributed by atoms with Gasteiger partial charge in [-0.15, -0.1) is 12.4 Å². The summed E-state index contributed by atoms with van der Waals surface area (Å²) in [6.45, 7) is 8.19. The highest BCUT2D eigenvalue weighted by Crippen LogP contribution is 2.29. The molecule has 1 atom stereocenters. The summed E-state index contributed by atoms with van der Waals surface area (Å²) in [6.07, 6.45) is 17.8. The Morgan fingerprint density at radius 3 is 1.35 bits per heavy atom. The molecule has 0 bridgehead atoms. The highest BCUT2D eigenvalue weighted by molar-refractivity contribution is 5.85. The molecule has 0 aliphatic heterocycles. The van der Waals surface area contributed by atoms with Crippen LogP contribution in [0.3, 0.4) is 0 Å². The van der Waals surface area contributed by atoms with Gasteiger partial charge in [-0.05, 0) is 26.7 Å². The third kappa shape index (κ3) is 12.3. The van der Waals surface area contributed by atoms with Crippen LogP contribution in [0.4, 0.5) is 0 Å². The Hall–Kier alpha value is 0.210. The summed E-state index contributed by atoms with van der Waals surface area (Å²) in [6, 6.07) is 0. The van der Waals surface area contributed by atoms with Crippen LogP contribution in [0, 0.1) is 0 Å². The van der Waals surface area contributed by atoms with Gasteiger partial charge in [-0.3, -0.25) is 0 Å². The van der Waals surface area contributed by atoms with Gasteiger partial charge in [0, 0.05) is 5.54 Å². The molecule has 0 radical (unpaired) electrons. The molecule has 3 N–H and O–H groups in total. The van der Waals surface area contributed by atoms with E-state index in [4.69, 9.17) is 5.73 Å². The number of halogens is 1. The van der Waals surface area contributed by atoms with Gasteiger partial charge in [-0.2, -0.15) is 0 Å². The molecular formula is C20H44ClNO. The molecule has 0 aromatic rings. The zero-order valence-corrected chi connectivity index (χ0v) is 17.1. The first-order chi connectivity index (χ1) is 10.4. The van der Waals surface area contributed by atoms with Crippen LogP contribution in [0.15, 0.2) is 0 Å². The molecule has 0 heterocycles. The maximum Gasteiger partial charge on any atom is 0.0818 e. The van der Waals surface area contributed by atoms with E-state index in [0.29, 0.717) is 0 Å². The van der Waals surface area contributed by atoms with E-state index < -0.39 is 11.1 Å². The number of nitrogens with two attached hydrogens (primary N) is 1. The average Bonchev–Trinajstić information content (AvgIpc) is 2.47. The second-order valence-electron chi connectivity index (χ2n) is 7.75. The van der Waals surface area contributed by atoms with Crippen LogP contribution in [-0.2, 0) is 0 Å². The molecule has 0 rings (SSSR count). The normalized spacial score (nSPS) is 14.3. The zero-order chi connectivity index (χ0) is 16.9. The monoisotopic (exact) mass is 349 g/mol. The van der Waals surface area contributed by atoms with E-state index in [0.717, 1.165) is 19.3 Å². The second kappa shape index (κ2) is 14.5. The van der Waals surface area contributed by atoms with Gasteiger partial charge >= 0.3 is 0 Å². The lowest BCUT2D eigenvalue weighted by Crippen LogP contribution is -2.56. The fourth-order valence-electron chi connectivity index (χ4n) is 3.21. The molecule has 0 aromatic carbocycles. The van der Waals surface area contributed by atoms with Crippen LogP contribution < -0.4 is 5.73 Å². The summed E-state index contributed by atoms with van der Waals surface area (Å²) in [5, 5.41) is 10.6. The number of rotatable bonds is 15. The van der Waals surface area contributed by atoms with Gasteiger partial charge in [-0.25, -0.2) is 0 Å². The Labute approximate surface area is 152 Å². The smallest absolute Gasteiger partial charge is 0.0818 e. The van der Waals surface area contributed by atoms with Crippen molar-refractivity contribution in [3.8, 4) is 0 Å². The minimum absolute atomic E-state index is 0. The van der Waals surface area contributed by atoms with Crippen molar-refractivity contribution >= 4 is 12.4 Å². The second-order valence-corrected chi connectivity index (χ2v) is 7.75. The zero-order valence-electron chi connectivity index (χ0n) is 16.3. The Kier molecular flexibility index (Phi) is 16.1. The molecule has 0 saturated carbocycles. The molecule has 0 spiro atoms. The third-order valence-corrected chi connectivity index (χ3v) is 5.23. The van der Waals surface area contributed by atoms with Gasteiger partial charge < -0.3 is 10.8 Å². The Morgan fingerprint density at radius 1 is 0.696 bits per heavy atom. The number of unbranched alkanes of at least 4 members (excludes halogenated alkanes) is 11. The SMILES string of the molecule is CCCCCCCCCCCCCCC(O)(CC)C(C)(C)N.Cl. The number of aliphatic hydroxyl groups is 1. The molecule has 0 aliphatic carbocycles. The van der Waals surface area contributed by atoms with Crippen LogP contribution in [0.2, 0.25) is 0 Å². The molecule has 1 unspecified atom stereocenters. The van der Waals surface area contributed by atoms with Crippen molar-refractivity contribution in [2.45, 2.75) is 129 Å². The van der Waals surface area contributed by atoms with Crippen LogP contribution in [-0.4, -0.2) is 16.2 Å². The van der Waals surface area contributed by atoms with Crippen LogP contribution in [0.5, 0.6) is 0 Å². The van der Waals surface area contributed by atoms with Crippen LogP contribution in [0.25, 0.3) is 0 Å². The predicted molar refractivity (Wildman–Crippen MR) is 106 cm³/mol. The molecule has 0 aliphatic rings. The highest BCUT2D eigenvalue weighted by atomic mass is 35.5. The maximum atomic E-state index is 10.6. The predicted octanol–water partition coefficient (Wildman–Crippen LogP) is 6.38. The Balaban J connectivity index is 0. The molecule has 0 saturated heterocycles. The first kappa shape index (κ1) is 25.5. The van der Waals surface area contributed by atoms with Crippen molar-refractivity contribution in [1.29, 1.82) is 0 Å². The summed E-state index contributed by atoms with van der Waals surface area (Å²) in [5.41, 5.74) is 4.91. The van der Waals surface area contributed by atoms with Gasteiger partial charge in [0.15, 0.2) is 0 Å².